The molecule has 1 amide bonds. The summed E-state index contributed by atoms with van der Waals surface area (Å²) in [4.78, 5) is 23.4. The molecule has 1 aromatic heterocycles. The number of nitrogens with zero attached hydrogens (tertiary/aromatic N) is 4. The summed E-state index contributed by atoms with van der Waals surface area (Å²) in [5.74, 6) is 1.57. The summed E-state index contributed by atoms with van der Waals surface area (Å²) in [5, 5.41) is 0. The fourth-order valence-electron chi connectivity index (χ4n) is 3.09. The van der Waals surface area contributed by atoms with E-state index >= 15 is 0 Å². The van der Waals surface area contributed by atoms with Gasteiger partial charge in [-0.05, 0) is 32.1 Å². The fourth-order valence-corrected chi connectivity index (χ4v) is 3.09. The van der Waals surface area contributed by atoms with Crippen molar-refractivity contribution in [1.82, 2.24) is 14.8 Å². The van der Waals surface area contributed by atoms with E-state index in [1.165, 1.54) is 0 Å². The van der Waals surface area contributed by atoms with E-state index in [1.807, 2.05) is 29.3 Å². The number of amides is 1. The molecular formula is C15H22N4O. The molecular weight excluding hydrogens is 252 g/mol. The number of pyridine rings is 1. The number of carbonyl (C=O) groups excluding carboxylic acids is 1. The predicted octanol–water partition coefficient (Wildman–Crippen LogP) is 0.682. The molecule has 2 saturated heterocycles. The van der Waals surface area contributed by atoms with E-state index in [4.69, 9.17) is 0 Å². The Hall–Kier alpha value is -1.62. The minimum atomic E-state index is 0.210. The smallest absolute Gasteiger partial charge is 0.227 e. The topological polar surface area (TPSA) is 39.7 Å². The fraction of sp³-hybridized carbons (Fsp3) is 0.600. The van der Waals surface area contributed by atoms with Crippen LogP contribution >= 0.6 is 0 Å². The van der Waals surface area contributed by atoms with Gasteiger partial charge >= 0.3 is 0 Å². The Morgan fingerprint density at radius 2 is 2.00 bits per heavy atom. The molecule has 0 spiro atoms. The molecule has 0 aromatic carbocycles. The van der Waals surface area contributed by atoms with E-state index in [1.54, 1.807) is 0 Å². The third kappa shape index (κ3) is 2.77. The standard InChI is InChI=1S/C15H22N4O/c1-17-7-5-13(12-17)15(20)19-10-8-18(9-11-19)14-4-2-3-6-16-14/h2-4,6,13H,5,7-12H2,1H3. The van der Waals surface area contributed by atoms with Crippen molar-refractivity contribution in [3.05, 3.63) is 24.4 Å². The zero-order valence-corrected chi connectivity index (χ0v) is 12.0. The predicted molar refractivity (Wildman–Crippen MR) is 78.6 cm³/mol. The van der Waals surface area contributed by atoms with E-state index in [2.05, 4.69) is 21.8 Å². The van der Waals surface area contributed by atoms with Gasteiger partial charge in [-0.25, -0.2) is 4.98 Å². The van der Waals surface area contributed by atoms with Crippen molar-refractivity contribution in [2.45, 2.75) is 6.42 Å². The summed E-state index contributed by atoms with van der Waals surface area (Å²) < 4.78 is 0. The van der Waals surface area contributed by atoms with Crippen molar-refractivity contribution >= 4 is 11.7 Å². The van der Waals surface area contributed by atoms with E-state index in [0.29, 0.717) is 5.91 Å². The van der Waals surface area contributed by atoms with Crippen LogP contribution in [-0.4, -0.2) is 67.0 Å². The van der Waals surface area contributed by atoms with Gasteiger partial charge in [0, 0.05) is 38.9 Å². The number of rotatable bonds is 2. The van der Waals surface area contributed by atoms with Gasteiger partial charge in [0.2, 0.25) is 5.91 Å². The average Bonchev–Trinajstić information content (AvgIpc) is 2.94. The molecule has 5 heteroatoms. The highest BCUT2D eigenvalue weighted by Crippen LogP contribution is 2.19. The number of anilines is 1. The number of carbonyl (C=O) groups is 1. The van der Waals surface area contributed by atoms with Gasteiger partial charge in [0.1, 0.15) is 5.82 Å². The molecule has 2 fully saturated rings. The van der Waals surface area contributed by atoms with Gasteiger partial charge in [-0.3, -0.25) is 4.79 Å². The summed E-state index contributed by atoms with van der Waals surface area (Å²) in [6.45, 7) is 5.35. The first-order valence-electron chi connectivity index (χ1n) is 7.37. The molecule has 0 saturated carbocycles. The third-order valence-corrected chi connectivity index (χ3v) is 4.31. The normalized spacial score (nSPS) is 24.1. The second-order valence-corrected chi connectivity index (χ2v) is 5.75. The van der Waals surface area contributed by atoms with Crippen molar-refractivity contribution in [2.75, 3.05) is 51.2 Å². The average molecular weight is 274 g/mol. The van der Waals surface area contributed by atoms with Crippen LogP contribution < -0.4 is 4.90 Å². The van der Waals surface area contributed by atoms with Crippen molar-refractivity contribution < 1.29 is 4.79 Å². The Kier molecular flexibility index (Phi) is 3.87. The van der Waals surface area contributed by atoms with Crippen LogP contribution in [0.15, 0.2) is 24.4 Å². The summed E-state index contributed by atoms with van der Waals surface area (Å²) in [6, 6.07) is 5.97. The van der Waals surface area contributed by atoms with Crippen LogP contribution in [0.1, 0.15) is 6.42 Å². The lowest BCUT2D eigenvalue weighted by molar-refractivity contribution is -0.135. The molecule has 1 unspecified atom stereocenters. The van der Waals surface area contributed by atoms with Crippen LogP contribution in [0.5, 0.6) is 0 Å². The summed E-state index contributed by atoms with van der Waals surface area (Å²) >= 11 is 0. The van der Waals surface area contributed by atoms with Crippen LogP contribution in [0.3, 0.4) is 0 Å². The van der Waals surface area contributed by atoms with Crippen LogP contribution in [0.25, 0.3) is 0 Å². The van der Waals surface area contributed by atoms with Gasteiger partial charge in [0.25, 0.3) is 0 Å². The Morgan fingerprint density at radius 1 is 1.20 bits per heavy atom. The first-order valence-corrected chi connectivity index (χ1v) is 7.37. The molecule has 1 atom stereocenters. The van der Waals surface area contributed by atoms with E-state index < -0.39 is 0 Å². The Balaban J connectivity index is 1.55. The Morgan fingerprint density at radius 3 is 2.60 bits per heavy atom. The third-order valence-electron chi connectivity index (χ3n) is 4.31. The van der Waals surface area contributed by atoms with Gasteiger partial charge in [0.15, 0.2) is 0 Å². The van der Waals surface area contributed by atoms with Crippen molar-refractivity contribution in [1.29, 1.82) is 0 Å². The van der Waals surface area contributed by atoms with Gasteiger partial charge in [-0.2, -0.15) is 0 Å². The summed E-state index contributed by atoms with van der Waals surface area (Å²) in [7, 11) is 2.09. The zero-order valence-electron chi connectivity index (χ0n) is 12.0. The lowest BCUT2D eigenvalue weighted by Gasteiger charge is -2.36. The largest absolute Gasteiger partial charge is 0.353 e. The minimum absolute atomic E-state index is 0.210. The number of hydrogen-bond donors (Lipinski definition) is 0. The van der Waals surface area contributed by atoms with Crippen LogP contribution in [0.4, 0.5) is 5.82 Å². The Bertz CT molecular complexity index is 456. The molecule has 2 aliphatic heterocycles. The first kappa shape index (κ1) is 13.4. The van der Waals surface area contributed by atoms with Crippen molar-refractivity contribution in [2.24, 2.45) is 5.92 Å². The van der Waals surface area contributed by atoms with Crippen molar-refractivity contribution in [3.8, 4) is 0 Å². The molecule has 2 aliphatic rings. The molecule has 108 valence electrons. The zero-order chi connectivity index (χ0) is 13.9. The van der Waals surface area contributed by atoms with Crippen LogP contribution in [0.2, 0.25) is 0 Å². The monoisotopic (exact) mass is 274 g/mol. The molecule has 3 heterocycles. The van der Waals surface area contributed by atoms with Crippen molar-refractivity contribution in [3.63, 3.8) is 0 Å². The van der Waals surface area contributed by atoms with E-state index in [9.17, 15) is 4.79 Å². The molecule has 0 bridgehead atoms. The number of hydrogen-bond acceptors (Lipinski definition) is 4. The van der Waals surface area contributed by atoms with Gasteiger partial charge in [-0.15, -0.1) is 0 Å². The minimum Gasteiger partial charge on any atom is -0.353 e. The highest BCUT2D eigenvalue weighted by Gasteiger charge is 2.31. The quantitative estimate of drug-likeness (QED) is 0.795. The Labute approximate surface area is 120 Å². The summed E-state index contributed by atoms with van der Waals surface area (Å²) in [6.07, 6.45) is 2.83. The van der Waals surface area contributed by atoms with E-state index in [-0.39, 0.29) is 5.92 Å². The van der Waals surface area contributed by atoms with Crippen LogP contribution in [-0.2, 0) is 4.79 Å². The molecule has 0 N–H and O–H groups in total. The first-order chi connectivity index (χ1) is 9.74. The van der Waals surface area contributed by atoms with Gasteiger partial charge in [0.05, 0.1) is 5.92 Å². The maximum absolute atomic E-state index is 12.5. The lowest BCUT2D eigenvalue weighted by Crippen LogP contribution is -2.50. The number of likely N-dealkylation sites (tertiary alicyclic amines) is 1. The van der Waals surface area contributed by atoms with Gasteiger partial charge < -0.3 is 14.7 Å². The second kappa shape index (κ2) is 5.79. The SMILES string of the molecule is CN1CCC(C(=O)N2CCN(c3ccccn3)CC2)C1. The van der Waals surface area contributed by atoms with E-state index in [0.717, 1.165) is 51.5 Å². The maximum Gasteiger partial charge on any atom is 0.227 e. The molecule has 3 rings (SSSR count). The van der Waals surface area contributed by atoms with Gasteiger partial charge in [-0.1, -0.05) is 6.07 Å². The second-order valence-electron chi connectivity index (χ2n) is 5.75. The molecule has 5 nitrogen and oxygen atoms in total. The number of piperazine rings is 1. The lowest BCUT2D eigenvalue weighted by atomic mass is 10.1. The molecule has 0 aliphatic carbocycles. The molecule has 0 radical (unpaired) electrons. The highest BCUT2D eigenvalue weighted by molar-refractivity contribution is 5.79. The highest BCUT2D eigenvalue weighted by atomic mass is 16.2. The number of aromatic nitrogens is 1. The molecule has 1 aromatic rings. The molecule has 20 heavy (non-hydrogen) atoms. The summed E-state index contributed by atoms with van der Waals surface area (Å²) in [5.41, 5.74) is 0. The van der Waals surface area contributed by atoms with Crippen LogP contribution in [0, 0.1) is 5.92 Å². The maximum atomic E-state index is 12.5.